The van der Waals surface area contributed by atoms with Crippen LogP contribution in [0.1, 0.15) is 42.1 Å². The fourth-order valence-corrected chi connectivity index (χ4v) is 4.54. The van der Waals surface area contributed by atoms with E-state index in [1.54, 1.807) is 22.7 Å². The summed E-state index contributed by atoms with van der Waals surface area (Å²) in [5, 5.41) is 8.19. The maximum atomic E-state index is 13.4. The topological polar surface area (TPSA) is 33.4 Å². The summed E-state index contributed by atoms with van der Waals surface area (Å²) in [6, 6.07) is 9.55. The Labute approximate surface area is 175 Å². The zero-order valence-corrected chi connectivity index (χ0v) is 16.6. The van der Waals surface area contributed by atoms with Crippen molar-refractivity contribution >= 4 is 11.3 Å². The molecule has 0 bridgehead atoms. The smallest absolute Gasteiger partial charge is 0.371 e. The second-order valence-corrected chi connectivity index (χ2v) is 8.44. The van der Waals surface area contributed by atoms with Gasteiger partial charge in [-0.15, -0.1) is 10.2 Å². The van der Waals surface area contributed by atoms with E-state index in [0.29, 0.717) is 43.0 Å². The number of pyridine rings is 1. The molecule has 2 aliphatic rings. The molecular weight excluding hydrogens is 415 g/mol. The second kappa shape index (κ2) is 7.17. The molecule has 2 aromatic heterocycles. The largest absolute Gasteiger partial charge is 0.416 e. The lowest BCUT2D eigenvalue weighted by Crippen LogP contribution is -2.33. The average molecular weight is 436 g/mol. The van der Waals surface area contributed by atoms with Crippen LogP contribution < -0.4 is 4.90 Å². The number of alkyl halides is 5. The van der Waals surface area contributed by atoms with Gasteiger partial charge in [0, 0.05) is 49.8 Å². The summed E-state index contributed by atoms with van der Waals surface area (Å²) >= 11 is 0. The third-order valence-electron chi connectivity index (χ3n) is 6.41. The minimum Gasteiger partial charge on any atom is -0.371 e. The summed E-state index contributed by atoms with van der Waals surface area (Å²) < 4.78 is 68.2. The first-order valence-electron chi connectivity index (χ1n) is 10.3. The number of hydrogen-bond donors (Lipinski definition) is 0. The summed E-state index contributed by atoms with van der Waals surface area (Å²) in [4.78, 5) is 2.12. The molecule has 1 unspecified atom stereocenters. The van der Waals surface area contributed by atoms with E-state index in [4.69, 9.17) is 0 Å². The number of rotatable bonds is 4. The SMILES string of the molecule is FC(F)(F)c1ccccc1C1CCN(c2ccn3c(CC4CC4(F)F)nnc3c2)CC1. The van der Waals surface area contributed by atoms with Gasteiger partial charge in [0.25, 0.3) is 5.92 Å². The third kappa shape index (κ3) is 3.85. The molecule has 3 heterocycles. The van der Waals surface area contributed by atoms with E-state index in [1.165, 1.54) is 6.07 Å². The lowest BCUT2D eigenvalue weighted by Gasteiger charge is -2.34. The van der Waals surface area contributed by atoms with Crippen LogP contribution in [0.3, 0.4) is 0 Å². The van der Waals surface area contributed by atoms with Gasteiger partial charge in [-0.1, -0.05) is 18.2 Å². The van der Waals surface area contributed by atoms with Gasteiger partial charge in [0.15, 0.2) is 5.65 Å². The van der Waals surface area contributed by atoms with Gasteiger partial charge in [-0.05, 0) is 36.5 Å². The highest BCUT2D eigenvalue weighted by atomic mass is 19.4. The summed E-state index contributed by atoms with van der Waals surface area (Å²) in [5.74, 6) is -2.89. The number of benzene rings is 1. The molecule has 31 heavy (non-hydrogen) atoms. The van der Waals surface area contributed by atoms with Crippen molar-refractivity contribution < 1.29 is 22.0 Å². The molecule has 0 radical (unpaired) electrons. The van der Waals surface area contributed by atoms with E-state index in [1.807, 2.05) is 12.1 Å². The number of fused-ring (bicyclic) bond motifs is 1. The van der Waals surface area contributed by atoms with Crippen LogP contribution in [-0.2, 0) is 12.6 Å². The van der Waals surface area contributed by atoms with Crippen LogP contribution in [0.2, 0.25) is 0 Å². The Balaban J connectivity index is 1.29. The predicted octanol–water partition coefficient (Wildman–Crippen LogP) is 5.33. The Bertz CT molecular complexity index is 1100. The molecule has 3 aromatic rings. The van der Waals surface area contributed by atoms with Crippen LogP contribution in [0.25, 0.3) is 5.65 Å². The van der Waals surface area contributed by atoms with Crippen molar-refractivity contribution in [3.63, 3.8) is 0 Å². The first-order chi connectivity index (χ1) is 14.7. The van der Waals surface area contributed by atoms with Gasteiger partial charge < -0.3 is 4.90 Å². The maximum Gasteiger partial charge on any atom is 0.416 e. The lowest BCUT2D eigenvalue weighted by atomic mass is 9.86. The van der Waals surface area contributed by atoms with Crippen LogP contribution in [0.15, 0.2) is 42.6 Å². The van der Waals surface area contributed by atoms with E-state index in [2.05, 4.69) is 15.1 Å². The number of hydrogen-bond acceptors (Lipinski definition) is 3. The van der Waals surface area contributed by atoms with Crippen LogP contribution >= 0.6 is 0 Å². The van der Waals surface area contributed by atoms with Gasteiger partial charge in [0.1, 0.15) is 5.82 Å². The van der Waals surface area contributed by atoms with E-state index < -0.39 is 23.6 Å². The minimum atomic E-state index is -4.35. The van der Waals surface area contributed by atoms with E-state index in [-0.39, 0.29) is 18.8 Å². The second-order valence-electron chi connectivity index (χ2n) is 8.44. The fourth-order valence-electron chi connectivity index (χ4n) is 4.54. The van der Waals surface area contributed by atoms with E-state index >= 15 is 0 Å². The van der Waals surface area contributed by atoms with Crippen molar-refractivity contribution in [2.75, 3.05) is 18.0 Å². The number of halogens is 5. The molecule has 2 fully saturated rings. The monoisotopic (exact) mass is 436 g/mol. The average Bonchev–Trinajstić information content (AvgIpc) is 3.15. The van der Waals surface area contributed by atoms with Gasteiger partial charge in [0.05, 0.1) is 5.56 Å². The zero-order chi connectivity index (χ0) is 21.8. The Hall–Kier alpha value is -2.71. The quantitative estimate of drug-likeness (QED) is 0.519. The number of nitrogens with zero attached hydrogens (tertiary/aromatic N) is 4. The normalized spacial score (nSPS) is 21.6. The molecule has 0 amide bonds. The van der Waals surface area contributed by atoms with E-state index in [9.17, 15) is 22.0 Å². The number of anilines is 1. The Morgan fingerprint density at radius 2 is 1.74 bits per heavy atom. The van der Waals surface area contributed by atoms with Crippen molar-refractivity contribution in [3.05, 3.63) is 59.5 Å². The van der Waals surface area contributed by atoms with Crippen molar-refractivity contribution in [1.29, 1.82) is 0 Å². The molecule has 4 nitrogen and oxygen atoms in total. The van der Waals surface area contributed by atoms with Crippen LogP contribution in [0.4, 0.5) is 27.6 Å². The molecule has 5 rings (SSSR count). The molecule has 1 saturated carbocycles. The molecular formula is C22H21F5N4. The van der Waals surface area contributed by atoms with Crippen molar-refractivity contribution in [3.8, 4) is 0 Å². The summed E-state index contributed by atoms with van der Waals surface area (Å²) in [5.41, 5.74) is 1.31. The first kappa shape index (κ1) is 20.2. The van der Waals surface area contributed by atoms with Crippen LogP contribution in [0.5, 0.6) is 0 Å². The molecule has 0 N–H and O–H groups in total. The van der Waals surface area contributed by atoms with Gasteiger partial charge in [-0.3, -0.25) is 4.40 Å². The molecule has 1 aliphatic carbocycles. The summed E-state index contributed by atoms with van der Waals surface area (Å²) in [7, 11) is 0. The van der Waals surface area contributed by atoms with Gasteiger partial charge in [-0.25, -0.2) is 8.78 Å². The first-order valence-corrected chi connectivity index (χ1v) is 10.3. The van der Waals surface area contributed by atoms with E-state index in [0.717, 1.165) is 11.8 Å². The molecule has 1 aromatic carbocycles. The predicted molar refractivity (Wildman–Crippen MR) is 105 cm³/mol. The summed E-state index contributed by atoms with van der Waals surface area (Å²) in [6.45, 7) is 1.25. The Kier molecular flexibility index (Phi) is 4.67. The highest BCUT2D eigenvalue weighted by Crippen LogP contribution is 2.50. The molecule has 9 heteroatoms. The van der Waals surface area contributed by atoms with Crippen LogP contribution in [-0.4, -0.2) is 33.6 Å². The number of aromatic nitrogens is 3. The van der Waals surface area contributed by atoms with Gasteiger partial charge >= 0.3 is 6.18 Å². The molecule has 1 saturated heterocycles. The van der Waals surface area contributed by atoms with Crippen molar-refractivity contribution in [2.24, 2.45) is 5.92 Å². The number of piperidine rings is 1. The van der Waals surface area contributed by atoms with Crippen LogP contribution in [0, 0.1) is 5.92 Å². The Morgan fingerprint density at radius 3 is 2.42 bits per heavy atom. The minimum absolute atomic E-state index is 0.105. The van der Waals surface area contributed by atoms with Gasteiger partial charge in [-0.2, -0.15) is 13.2 Å². The molecule has 1 aliphatic heterocycles. The Morgan fingerprint density at radius 1 is 1.03 bits per heavy atom. The standard InChI is InChI=1S/C22H21F5N4/c23-21(24)13-15(21)11-19-28-29-20-12-16(7-10-31(19)20)30-8-5-14(6-9-30)17-3-1-2-4-18(17)22(25,26)27/h1-4,7,10,12,14-15H,5-6,8-9,11,13H2. The summed E-state index contributed by atoms with van der Waals surface area (Å²) in [6.07, 6.45) is -1.25. The third-order valence-corrected chi connectivity index (χ3v) is 6.41. The highest BCUT2D eigenvalue weighted by molar-refractivity contribution is 5.56. The molecule has 1 atom stereocenters. The maximum absolute atomic E-state index is 13.4. The zero-order valence-electron chi connectivity index (χ0n) is 16.6. The van der Waals surface area contributed by atoms with Gasteiger partial charge in [0.2, 0.25) is 0 Å². The van der Waals surface area contributed by atoms with Crippen molar-refractivity contribution in [1.82, 2.24) is 14.6 Å². The highest BCUT2D eigenvalue weighted by Gasteiger charge is 2.56. The van der Waals surface area contributed by atoms with Crippen molar-refractivity contribution in [2.45, 2.75) is 43.7 Å². The molecule has 0 spiro atoms. The fraction of sp³-hybridized carbons (Fsp3) is 0.455. The lowest BCUT2D eigenvalue weighted by molar-refractivity contribution is -0.138. The molecule has 164 valence electrons.